The Morgan fingerprint density at radius 2 is 2.12 bits per heavy atom. The van der Waals surface area contributed by atoms with Gasteiger partial charge in [-0.05, 0) is 32.9 Å². The third-order valence-corrected chi connectivity index (χ3v) is 2.97. The number of likely N-dealkylation sites (N-methyl/N-ethyl adjacent to an activating group) is 1. The van der Waals surface area contributed by atoms with Crippen LogP contribution >= 0.6 is 0 Å². The van der Waals surface area contributed by atoms with E-state index in [0.717, 1.165) is 32.3 Å². The van der Waals surface area contributed by atoms with E-state index in [1.54, 1.807) is 0 Å². The second-order valence-electron chi connectivity index (χ2n) is 4.26. The van der Waals surface area contributed by atoms with Crippen molar-refractivity contribution in [2.75, 3.05) is 26.7 Å². The highest BCUT2D eigenvalue weighted by molar-refractivity contribution is 5.47. The molecule has 0 aromatic carbocycles. The summed E-state index contributed by atoms with van der Waals surface area (Å²) in [5.74, 6) is 0. The summed E-state index contributed by atoms with van der Waals surface area (Å²) < 4.78 is 0. The van der Waals surface area contributed by atoms with Crippen molar-refractivity contribution < 1.29 is 4.79 Å². The monoisotopic (exact) mass is 228 g/mol. The van der Waals surface area contributed by atoms with Crippen LogP contribution in [0.5, 0.6) is 0 Å². The summed E-state index contributed by atoms with van der Waals surface area (Å²) in [7, 11) is 2.13. The van der Waals surface area contributed by atoms with E-state index < -0.39 is 0 Å². The van der Waals surface area contributed by atoms with Crippen LogP contribution in [0, 0.1) is 0 Å². The quantitative estimate of drug-likeness (QED) is 0.674. The molecule has 0 aromatic rings. The third kappa shape index (κ3) is 5.50. The first kappa shape index (κ1) is 15.4. The van der Waals surface area contributed by atoms with Gasteiger partial charge in [0.15, 0.2) is 0 Å². The van der Waals surface area contributed by atoms with Crippen molar-refractivity contribution >= 4 is 6.41 Å². The fourth-order valence-corrected chi connectivity index (χ4v) is 2.07. The van der Waals surface area contributed by atoms with Gasteiger partial charge in [-0.25, -0.2) is 0 Å². The molecule has 1 amide bonds. The van der Waals surface area contributed by atoms with Crippen LogP contribution in [-0.4, -0.2) is 48.9 Å². The van der Waals surface area contributed by atoms with Crippen LogP contribution in [-0.2, 0) is 4.79 Å². The maximum Gasteiger partial charge on any atom is 0.209 e. The molecule has 0 bridgehead atoms. The first-order chi connectivity index (χ1) is 7.77. The maximum atomic E-state index is 10.9. The second kappa shape index (κ2) is 9.64. The molecule has 3 nitrogen and oxygen atoms in total. The third-order valence-electron chi connectivity index (χ3n) is 2.97. The highest BCUT2D eigenvalue weighted by Crippen LogP contribution is 2.13. The minimum absolute atomic E-state index is 0.456. The number of likely N-dealkylation sites (tertiary alicyclic amines) is 1. The van der Waals surface area contributed by atoms with E-state index in [2.05, 4.69) is 18.9 Å². The molecule has 0 unspecified atom stereocenters. The number of unbranched alkanes of at least 4 members (excludes halogenated alkanes) is 1. The van der Waals surface area contributed by atoms with Crippen molar-refractivity contribution in [3.05, 3.63) is 0 Å². The van der Waals surface area contributed by atoms with E-state index in [9.17, 15) is 4.79 Å². The lowest BCUT2D eigenvalue weighted by atomic mass is 10.0. The first-order valence-corrected chi connectivity index (χ1v) is 6.67. The molecule has 1 fully saturated rings. The molecule has 1 saturated heterocycles. The summed E-state index contributed by atoms with van der Waals surface area (Å²) in [6, 6.07) is 0.456. The lowest BCUT2D eigenvalue weighted by Gasteiger charge is -2.35. The summed E-state index contributed by atoms with van der Waals surface area (Å²) in [6.07, 6.45) is 5.70. The number of nitrogens with zero attached hydrogens (tertiary/aromatic N) is 2. The maximum absolute atomic E-state index is 10.9. The van der Waals surface area contributed by atoms with Crippen molar-refractivity contribution in [3.63, 3.8) is 0 Å². The molecule has 1 rings (SSSR count). The van der Waals surface area contributed by atoms with Crippen LogP contribution < -0.4 is 0 Å². The minimum atomic E-state index is 0.456. The van der Waals surface area contributed by atoms with Crippen LogP contribution in [0.1, 0.15) is 46.5 Å². The first-order valence-electron chi connectivity index (χ1n) is 6.67. The average Bonchev–Trinajstić information content (AvgIpc) is 2.33. The molecule has 0 aromatic heterocycles. The molecule has 3 heteroatoms. The van der Waals surface area contributed by atoms with Gasteiger partial charge < -0.3 is 9.80 Å². The molecule has 0 aliphatic carbocycles. The molecular formula is C13H28N2O. The molecule has 1 atom stereocenters. The zero-order chi connectivity index (χ0) is 12.4. The Kier molecular flexibility index (Phi) is 9.30. The van der Waals surface area contributed by atoms with Crippen molar-refractivity contribution in [2.45, 2.75) is 52.5 Å². The highest BCUT2D eigenvalue weighted by Gasteiger charge is 2.21. The van der Waals surface area contributed by atoms with Crippen LogP contribution in [0.2, 0.25) is 0 Å². The molecule has 16 heavy (non-hydrogen) atoms. The van der Waals surface area contributed by atoms with Crippen molar-refractivity contribution in [1.29, 1.82) is 0 Å². The molecule has 0 spiro atoms. The van der Waals surface area contributed by atoms with Gasteiger partial charge in [0.05, 0.1) is 0 Å². The topological polar surface area (TPSA) is 23.6 Å². The molecule has 0 N–H and O–H groups in total. The van der Waals surface area contributed by atoms with Gasteiger partial charge >= 0.3 is 0 Å². The Bertz CT molecular complexity index is 173. The lowest BCUT2D eigenvalue weighted by molar-refractivity contribution is -0.121. The lowest BCUT2D eigenvalue weighted by Crippen LogP contribution is -2.46. The van der Waals surface area contributed by atoms with Gasteiger partial charge in [-0.15, -0.1) is 0 Å². The van der Waals surface area contributed by atoms with Gasteiger partial charge in [0.2, 0.25) is 6.41 Å². The van der Waals surface area contributed by atoms with E-state index in [1.807, 2.05) is 18.7 Å². The fraction of sp³-hybridized carbons (Fsp3) is 0.923. The molecule has 0 radical (unpaired) electrons. The Balaban J connectivity index is 0.00000106. The Morgan fingerprint density at radius 1 is 1.44 bits per heavy atom. The van der Waals surface area contributed by atoms with Crippen LogP contribution in [0.15, 0.2) is 0 Å². The summed E-state index contributed by atoms with van der Waals surface area (Å²) in [6.45, 7) is 9.31. The predicted octanol–water partition coefficient (Wildman–Crippen LogP) is 2.37. The summed E-state index contributed by atoms with van der Waals surface area (Å²) in [5, 5.41) is 0. The van der Waals surface area contributed by atoms with E-state index in [4.69, 9.17) is 0 Å². The smallest absolute Gasteiger partial charge is 0.209 e. The van der Waals surface area contributed by atoms with Crippen LogP contribution in [0.3, 0.4) is 0 Å². The van der Waals surface area contributed by atoms with Gasteiger partial charge in [-0.1, -0.05) is 27.2 Å². The zero-order valence-electron chi connectivity index (χ0n) is 11.4. The number of piperidine rings is 1. The standard InChI is InChI=1S/C11H22N2O.C2H6/c1-3-4-8-13(10-14)11-6-5-7-12(2)9-11;1-2/h10-11H,3-9H2,1-2H3;1-2H3/t11-;/m1./s1. The van der Waals surface area contributed by atoms with Crippen molar-refractivity contribution in [2.24, 2.45) is 0 Å². The number of hydrogen-bond donors (Lipinski definition) is 0. The summed E-state index contributed by atoms with van der Waals surface area (Å²) >= 11 is 0. The Labute approximate surface area is 101 Å². The number of carbonyl (C=O) groups excluding carboxylic acids is 1. The summed E-state index contributed by atoms with van der Waals surface area (Å²) in [5.41, 5.74) is 0. The summed E-state index contributed by atoms with van der Waals surface area (Å²) in [4.78, 5) is 15.2. The van der Waals surface area contributed by atoms with E-state index in [-0.39, 0.29) is 0 Å². The number of hydrogen-bond acceptors (Lipinski definition) is 2. The molecular weight excluding hydrogens is 200 g/mol. The van der Waals surface area contributed by atoms with E-state index in [0.29, 0.717) is 6.04 Å². The Hall–Kier alpha value is -0.570. The molecule has 1 aliphatic heterocycles. The zero-order valence-corrected chi connectivity index (χ0v) is 11.4. The van der Waals surface area contributed by atoms with E-state index in [1.165, 1.54) is 19.4 Å². The van der Waals surface area contributed by atoms with Crippen molar-refractivity contribution in [3.8, 4) is 0 Å². The molecule has 0 saturated carbocycles. The number of rotatable bonds is 5. The van der Waals surface area contributed by atoms with Gasteiger partial charge in [-0.3, -0.25) is 4.79 Å². The number of carbonyl (C=O) groups is 1. The second-order valence-corrected chi connectivity index (χ2v) is 4.26. The molecule has 1 heterocycles. The minimum Gasteiger partial charge on any atom is -0.341 e. The Morgan fingerprint density at radius 3 is 2.62 bits per heavy atom. The highest BCUT2D eigenvalue weighted by atomic mass is 16.1. The van der Waals surface area contributed by atoms with Crippen LogP contribution in [0.4, 0.5) is 0 Å². The van der Waals surface area contributed by atoms with Gasteiger partial charge in [0, 0.05) is 19.1 Å². The predicted molar refractivity (Wildman–Crippen MR) is 69.5 cm³/mol. The SMILES string of the molecule is CC.CCCCN(C=O)[C@@H]1CCCN(C)C1. The van der Waals surface area contributed by atoms with Gasteiger partial charge in [-0.2, -0.15) is 0 Å². The number of amides is 1. The normalized spacial score (nSPS) is 20.9. The van der Waals surface area contributed by atoms with Gasteiger partial charge in [0.25, 0.3) is 0 Å². The fourth-order valence-electron chi connectivity index (χ4n) is 2.07. The van der Waals surface area contributed by atoms with E-state index >= 15 is 0 Å². The molecule has 96 valence electrons. The van der Waals surface area contributed by atoms with Crippen LogP contribution in [0.25, 0.3) is 0 Å². The average molecular weight is 228 g/mol. The molecule has 1 aliphatic rings. The van der Waals surface area contributed by atoms with Crippen molar-refractivity contribution in [1.82, 2.24) is 9.80 Å². The van der Waals surface area contributed by atoms with Gasteiger partial charge in [0.1, 0.15) is 0 Å². The largest absolute Gasteiger partial charge is 0.341 e.